The molecule has 0 spiro atoms. The van der Waals surface area contributed by atoms with Crippen LogP contribution in [0.3, 0.4) is 0 Å². The molecule has 2 N–H and O–H groups in total. The van der Waals surface area contributed by atoms with Gasteiger partial charge in [-0.25, -0.2) is 9.97 Å². The Morgan fingerprint density at radius 2 is 1.88 bits per heavy atom. The molecule has 0 saturated carbocycles. The quantitative estimate of drug-likeness (QED) is 0.464. The van der Waals surface area contributed by atoms with E-state index >= 15 is 0 Å². The predicted molar refractivity (Wildman–Crippen MR) is 135 cm³/mol. The maximum absolute atomic E-state index is 5.59. The van der Waals surface area contributed by atoms with Crippen LogP contribution < -0.4 is 15.5 Å². The highest BCUT2D eigenvalue weighted by atomic mass is 16.5. The first-order valence-corrected chi connectivity index (χ1v) is 12.1. The Balaban J connectivity index is 1.76. The Bertz CT molecular complexity index is 1090. The number of aryl methyl sites for hydroxylation is 2. The van der Waals surface area contributed by atoms with E-state index in [0.717, 1.165) is 85.3 Å². The van der Waals surface area contributed by atoms with Gasteiger partial charge in [0.25, 0.3) is 0 Å². The van der Waals surface area contributed by atoms with Crippen LogP contribution in [0.5, 0.6) is 0 Å². The molecule has 3 aromatic rings. The standard InChI is InChI=1S/C26H36N6O2/c1-17-24(23-18(2)31-34-19(23)3)29-25(30-26(17)32(5)22-9-13-33-14-10-22)21-8-6-7-20(15-21)16-28-12-11-27-4/h6-8,15,22,27-28H,9-14,16H2,1-5H3. The summed E-state index contributed by atoms with van der Waals surface area (Å²) in [4.78, 5) is 12.4. The molecule has 1 aliphatic rings. The molecule has 8 heteroatoms. The molecule has 0 unspecified atom stereocenters. The number of nitrogens with zero attached hydrogens (tertiary/aromatic N) is 4. The van der Waals surface area contributed by atoms with E-state index in [0.29, 0.717) is 11.9 Å². The molecular weight excluding hydrogens is 428 g/mol. The van der Waals surface area contributed by atoms with Crippen molar-refractivity contribution in [3.8, 4) is 22.6 Å². The van der Waals surface area contributed by atoms with Crippen molar-refractivity contribution in [3.05, 3.63) is 46.8 Å². The molecule has 1 fully saturated rings. The number of hydrogen-bond donors (Lipinski definition) is 2. The molecule has 1 aromatic carbocycles. The van der Waals surface area contributed by atoms with Gasteiger partial charge >= 0.3 is 0 Å². The molecule has 0 aliphatic carbocycles. The van der Waals surface area contributed by atoms with Gasteiger partial charge in [-0.15, -0.1) is 0 Å². The van der Waals surface area contributed by atoms with E-state index in [9.17, 15) is 0 Å². The summed E-state index contributed by atoms with van der Waals surface area (Å²) in [5, 5.41) is 10.8. The second-order valence-electron chi connectivity index (χ2n) is 8.98. The number of aromatic nitrogens is 3. The van der Waals surface area contributed by atoms with Crippen LogP contribution in [0.15, 0.2) is 28.8 Å². The number of hydrogen-bond acceptors (Lipinski definition) is 8. The number of ether oxygens (including phenoxy) is 1. The van der Waals surface area contributed by atoms with Crippen molar-refractivity contribution < 1.29 is 9.26 Å². The summed E-state index contributed by atoms with van der Waals surface area (Å²) < 4.78 is 11.1. The van der Waals surface area contributed by atoms with E-state index in [1.54, 1.807) is 0 Å². The molecule has 0 atom stereocenters. The zero-order valence-corrected chi connectivity index (χ0v) is 20.9. The van der Waals surface area contributed by atoms with Gasteiger partial charge in [0, 0.05) is 57.1 Å². The minimum atomic E-state index is 0.385. The average molecular weight is 465 g/mol. The Morgan fingerprint density at radius 3 is 2.59 bits per heavy atom. The zero-order chi connectivity index (χ0) is 24.1. The highest BCUT2D eigenvalue weighted by molar-refractivity contribution is 5.75. The summed E-state index contributed by atoms with van der Waals surface area (Å²) in [6.45, 7) is 10.2. The Labute approximate surface area is 202 Å². The van der Waals surface area contributed by atoms with Crippen LogP contribution >= 0.6 is 0 Å². The summed E-state index contributed by atoms with van der Waals surface area (Å²) in [5.74, 6) is 2.43. The van der Waals surface area contributed by atoms with E-state index < -0.39 is 0 Å². The molecule has 1 saturated heterocycles. The summed E-state index contributed by atoms with van der Waals surface area (Å²) in [6.07, 6.45) is 1.98. The number of rotatable bonds is 9. The molecule has 34 heavy (non-hydrogen) atoms. The van der Waals surface area contributed by atoms with Gasteiger partial charge in [0.15, 0.2) is 5.82 Å². The van der Waals surface area contributed by atoms with E-state index in [-0.39, 0.29) is 0 Å². The maximum atomic E-state index is 5.59. The highest BCUT2D eigenvalue weighted by Gasteiger charge is 2.26. The zero-order valence-electron chi connectivity index (χ0n) is 20.9. The van der Waals surface area contributed by atoms with Crippen LogP contribution in [0.2, 0.25) is 0 Å². The number of anilines is 1. The fraction of sp³-hybridized carbons (Fsp3) is 0.500. The van der Waals surface area contributed by atoms with Gasteiger partial charge in [0.2, 0.25) is 0 Å². The summed E-state index contributed by atoms with van der Waals surface area (Å²) >= 11 is 0. The van der Waals surface area contributed by atoms with Gasteiger partial charge < -0.3 is 24.8 Å². The van der Waals surface area contributed by atoms with Gasteiger partial charge in [-0.05, 0) is 52.3 Å². The molecule has 3 heterocycles. The Morgan fingerprint density at radius 1 is 1.09 bits per heavy atom. The van der Waals surface area contributed by atoms with Crippen LogP contribution in [0.4, 0.5) is 5.82 Å². The van der Waals surface area contributed by atoms with Crippen molar-refractivity contribution in [1.29, 1.82) is 0 Å². The van der Waals surface area contributed by atoms with Crippen molar-refractivity contribution in [2.24, 2.45) is 0 Å². The van der Waals surface area contributed by atoms with Crippen molar-refractivity contribution in [2.45, 2.75) is 46.2 Å². The highest BCUT2D eigenvalue weighted by Crippen LogP contribution is 2.35. The Hall–Kier alpha value is -2.81. The van der Waals surface area contributed by atoms with Gasteiger partial charge in [-0.2, -0.15) is 0 Å². The second kappa shape index (κ2) is 11.1. The minimum Gasteiger partial charge on any atom is -0.381 e. The van der Waals surface area contributed by atoms with E-state index in [1.165, 1.54) is 5.56 Å². The monoisotopic (exact) mass is 464 g/mol. The number of likely N-dealkylation sites (N-methyl/N-ethyl adjacent to an activating group) is 1. The lowest BCUT2D eigenvalue weighted by molar-refractivity contribution is 0.0853. The van der Waals surface area contributed by atoms with Gasteiger partial charge in [-0.1, -0.05) is 23.4 Å². The normalized spacial score (nSPS) is 14.5. The fourth-order valence-corrected chi connectivity index (χ4v) is 4.55. The lowest BCUT2D eigenvalue weighted by Crippen LogP contribution is -2.37. The first-order valence-electron chi connectivity index (χ1n) is 12.1. The van der Waals surface area contributed by atoms with E-state index in [1.807, 2.05) is 20.9 Å². The second-order valence-corrected chi connectivity index (χ2v) is 8.98. The first-order chi connectivity index (χ1) is 16.5. The molecule has 0 bridgehead atoms. The molecule has 0 amide bonds. The van der Waals surface area contributed by atoms with Crippen molar-refractivity contribution in [1.82, 2.24) is 25.8 Å². The van der Waals surface area contributed by atoms with Crippen molar-refractivity contribution in [2.75, 3.05) is 45.3 Å². The van der Waals surface area contributed by atoms with E-state index in [2.05, 4.69) is 58.9 Å². The topological polar surface area (TPSA) is 88.3 Å². The van der Waals surface area contributed by atoms with E-state index in [4.69, 9.17) is 19.2 Å². The average Bonchev–Trinajstić information content (AvgIpc) is 3.20. The first kappa shape index (κ1) is 24.3. The van der Waals surface area contributed by atoms with Gasteiger partial charge in [0.05, 0.1) is 17.0 Å². The predicted octanol–water partition coefficient (Wildman–Crippen LogP) is 3.65. The van der Waals surface area contributed by atoms with Gasteiger partial charge in [0.1, 0.15) is 11.6 Å². The van der Waals surface area contributed by atoms with Crippen molar-refractivity contribution in [3.63, 3.8) is 0 Å². The molecule has 182 valence electrons. The summed E-state index contributed by atoms with van der Waals surface area (Å²) in [5.41, 5.74) is 5.92. The van der Waals surface area contributed by atoms with Crippen molar-refractivity contribution >= 4 is 5.82 Å². The third kappa shape index (κ3) is 5.29. The molecule has 2 aromatic heterocycles. The largest absolute Gasteiger partial charge is 0.381 e. The molecule has 8 nitrogen and oxygen atoms in total. The smallest absolute Gasteiger partial charge is 0.162 e. The van der Waals surface area contributed by atoms with Gasteiger partial charge in [-0.3, -0.25) is 0 Å². The summed E-state index contributed by atoms with van der Waals surface area (Å²) in [6, 6.07) is 8.85. The molecule has 1 aliphatic heterocycles. The third-order valence-corrected chi connectivity index (χ3v) is 6.53. The summed E-state index contributed by atoms with van der Waals surface area (Å²) in [7, 11) is 4.09. The van der Waals surface area contributed by atoms with Crippen LogP contribution in [-0.4, -0.2) is 61.6 Å². The third-order valence-electron chi connectivity index (χ3n) is 6.53. The fourth-order valence-electron chi connectivity index (χ4n) is 4.55. The van der Waals surface area contributed by atoms with Crippen LogP contribution in [-0.2, 0) is 11.3 Å². The Kier molecular flexibility index (Phi) is 7.92. The number of nitrogens with one attached hydrogen (secondary N) is 2. The number of benzene rings is 1. The minimum absolute atomic E-state index is 0.385. The molecule has 4 rings (SSSR count). The SMILES string of the molecule is CNCCNCc1cccc(-c2nc(-c3c(C)noc3C)c(C)c(N(C)C3CCOCC3)n2)c1. The molecule has 0 radical (unpaired) electrons. The molecular formula is C26H36N6O2. The van der Waals surface area contributed by atoms with Crippen LogP contribution in [0, 0.1) is 20.8 Å². The van der Waals surface area contributed by atoms with Crippen LogP contribution in [0.1, 0.15) is 35.4 Å². The lowest BCUT2D eigenvalue weighted by Gasteiger charge is -2.33. The lowest BCUT2D eigenvalue weighted by atomic mass is 10.0. The maximum Gasteiger partial charge on any atom is 0.162 e. The van der Waals surface area contributed by atoms with Crippen LogP contribution in [0.25, 0.3) is 22.6 Å².